The van der Waals surface area contributed by atoms with Crippen molar-refractivity contribution >= 4 is 21.8 Å². The summed E-state index contributed by atoms with van der Waals surface area (Å²) in [5, 5.41) is 2.54. The average molecular weight is 666 g/mol. The third kappa shape index (κ3) is 5.91. The molecule has 248 valence electrons. The van der Waals surface area contributed by atoms with Gasteiger partial charge in [-0.1, -0.05) is 183 Å². The Kier molecular flexibility index (Phi) is 8.31. The van der Waals surface area contributed by atoms with Crippen molar-refractivity contribution in [3.8, 4) is 39.1 Å². The Labute approximate surface area is 306 Å². The van der Waals surface area contributed by atoms with Gasteiger partial charge in [-0.15, -0.1) is 0 Å². The number of benzene rings is 8. The maximum absolute atomic E-state index is 2.38. The van der Waals surface area contributed by atoms with Gasteiger partial charge >= 0.3 is 0 Å². The molecule has 0 aliphatic heterocycles. The van der Waals surface area contributed by atoms with E-state index in [1.165, 1.54) is 77.6 Å². The molecule has 0 spiro atoms. The van der Waals surface area contributed by atoms with Crippen LogP contribution in [0.5, 0.6) is 0 Å². The lowest BCUT2D eigenvalue weighted by Gasteiger charge is -2.26. The molecular formula is C51H39N. The van der Waals surface area contributed by atoms with Gasteiger partial charge in [-0.2, -0.15) is 0 Å². The van der Waals surface area contributed by atoms with Crippen LogP contribution < -0.4 is 0 Å². The molecular weight excluding hydrogens is 627 g/mol. The van der Waals surface area contributed by atoms with Crippen LogP contribution >= 0.6 is 0 Å². The molecule has 1 heterocycles. The lowest BCUT2D eigenvalue weighted by Crippen LogP contribution is -2.10. The van der Waals surface area contributed by atoms with Gasteiger partial charge in [0.15, 0.2) is 0 Å². The average Bonchev–Trinajstić information content (AvgIpc) is 3.56. The van der Waals surface area contributed by atoms with E-state index < -0.39 is 0 Å². The molecule has 0 fully saturated rings. The zero-order valence-corrected chi connectivity index (χ0v) is 29.2. The largest absolute Gasteiger partial charge is 0.309 e. The first kappa shape index (κ1) is 31.5. The first-order valence-corrected chi connectivity index (χ1v) is 18.2. The standard InChI is InChI=1S/C51H39N/c1-36(51(43-29-25-40(26-30-43)38-13-5-2-6-14-38)44-31-27-41(28-32-44)39-15-7-3-8-16-39)37-21-23-42(24-22-37)45-33-34-50-48(35-45)47-19-11-12-20-49(47)52(50)46-17-9-4-10-18-46/h2-36,51H,1H3. The molecule has 0 radical (unpaired) electrons. The molecule has 8 aromatic carbocycles. The molecule has 0 saturated heterocycles. The van der Waals surface area contributed by atoms with Crippen molar-refractivity contribution in [1.82, 2.24) is 4.57 Å². The fourth-order valence-corrected chi connectivity index (χ4v) is 7.98. The molecule has 0 amide bonds. The molecule has 1 unspecified atom stereocenters. The highest BCUT2D eigenvalue weighted by Crippen LogP contribution is 2.41. The van der Waals surface area contributed by atoms with E-state index in [-0.39, 0.29) is 11.8 Å². The topological polar surface area (TPSA) is 4.93 Å². The smallest absolute Gasteiger partial charge is 0.0541 e. The van der Waals surface area contributed by atoms with Gasteiger partial charge in [-0.05, 0) is 86.3 Å². The summed E-state index contributed by atoms with van der Waals surface area (Å²) in [7, 11) is 0. The van der Waals surface area contributed by atoms with Gasteiger partial charge in [0.2, 0.25) is 0 Å². The van der Waals surface area contributed by atoms with E-state index in [0.29, 0.717) is 0 Å². The second kappa shape index (κ2) is 13.7. The van der Waals surface area contributed by atoms with Crippen molar-refractivity contribution < 1.29 is 0 Å². The minimum Gasteiger partial charge on any atom is -0.309 e. The van der Waals surface area contributed by atoms with Crippen LogP contribution in [0.2, 0.25) is 0 Å². The van der Waals surface area contributed by atoms with Crippen molar-refractivity contribution in [2.75, 3.05) is 0 Å². The maximum atomic E-state index is 2.38. The molecule has 0 aliphatic carbocycles. The summed E-state index contributed by atoms with van der Waals surface area (Å²) in [6.07, 6.45) is 0. The van der Waals surface area contributed by atoms with Gasteiger partial charge in [0.05, 0.1) is 11.0 Å². The highest BCUT2D eigenvalue weighted by molar-refractivity contribution is 6.10. The summed E-state index contributed by atoms with van der Waals surface area (Å²) in [4.78, 5) is 0. The van der Waals surface area contributed by atoms with Crippen molar-refractivity contribution in [3.63, 3.8) is 0 Å². The van der Waals surface area contributed by atoms with E-state index in [1.54, 1.807) is 0 Å². The molecule has 52 heavy (non-hydrogen) atoms. The number of nitrogens with zero attached hydrogens (tertiary/aromatic N) is 1. The number of hydrogen-bond donors (Lipinski definition) is 0. The van der Waals surface area contributed by atoms with E-state index in [4.69, 9.17) is 0 Å². The van der Waals surface area contributed by atoms with E-state index in [9.17, 15) is 0 Å². The number of fused-ring (bicyclic) bond motifs is 3. The molecule has 9 aromatic rings. The third-order valence-electron chi connectivity index (χ3n) is 10.7. The van der Waals surface area contributed by atoms with E-state index in [1.807, 2.05) is 0 Å². The van der Waals surface area contributed by atoms with Crippen LogP contribution in [-0.4, -0.2) is 4.57 Å². The first-order valence-electron chi connectivity index (χ1n) is 18.2. The quantitative estimate of drug-likeness (QED) is 0.152. The van der Waals surface area contributed by atoms with Crippen LogP contribution in [0.25, 0.3) is 60.9 Å². The molecule has 0 aliphatic rings. The first-order chi connectivity index (χ1) is 25.7. The summed E-state index contributed by atoms with van der Waals surface area (Å²) in [6.45, 7) is 2.38. The Morgan fingerprint density at radius 3 is 1.29 bits per heavy atom. The van der Waals surface area contributed by atoms with Crippen molar-refractivity contribution in [2.24, 2.45) is 0 Å². The van der Waals surface area contributed by atoms with Gasteiger partial charge in [0, 0.05) is 22.4 Å². The second-order valence-corrected chi connectivity index (χ2v) is 13.8. The molecule has 1 atom stereocenters. The second-order valence-electron chi connectivity index (χ2n) is 13.8. The van der Waals surface area contributed by atoms with Gasteiger partial charge in [-0.25, -0.2) is 0 Å². The minimum absolute atomic E-state index is 0.195. The highest BCUT2D eigenvalue weighted by atomic mass is 15.0. The summed E-state index contributed by atoms with van der Waals surface area (Å²) < 4.78 is 2.37. The molecule has 9 rings (SSSR count). The normalized spacial score (nSPS) is 12.0. The predicted molar refractivity (Wildman–Crippen MR) is 220 cm³/mol. The molecule has 0 N–H and O–H groups in total. The number of para-hydroxylation sites is 2. The van der Waals surface area contributed by atoms with Crippen LogP contribution in [-0.2, 0) is 0 Å². The van der Waals surface area contributed by atoms with Crippen LogP contribution in [0.4, 0.5) is 0 Å². The van der Waals surface area contributed by atoms with Crippen molar-refractivity contribution in [2.45, 2.75) is 18.8 Å². The number of aromatic nitrogens is 1. The molecule has 0 saturated carbocycles. The fourth-order valence-electron chi connectivity index (χ4n) is 7.98. The molecule has 0 bridgehead atoms. The highest BCUT2D eigenvalue weighted by Gasteiger charge is 2.24. The number of hydrogen-bond acceptors (Lipinski definition) is 0. The number of rotatable bonds is 8. The van der Waals surface area contributed by atoms with Crippen LogP contribution in [0.3, 0.4) is 0 Å². The van der Waals surface area contributed by atoms with Gasteiger partial charge in [-0.3, -0.25) is 0 Å². The van der Waals surface area contributed by atoms with Crippen LogP contribution in [0, 0.1) is 0 Å². The Bertz CT molecular complexity index is 2500. The molecule has 1 heteroatoms. The third-order valence-corrected chi connectivity index (χ3v) is 10.7. The van der Waals surface area contributed by atoms with Crippen molar-refractivity contribution in [3.05, 3.63) is 223 Å². The van der Waals surface area contributed by atoms with E-state index >= 15 is 0 Å². The summed E-state index contributed by atoms with van der Waals surface area (Å²) in [5.74, 6) is 0.450. The Morgan fingerprint density at radius 1 is 0.327 bits per heavy atom. The zero-order valence-electron chi connectivity index (χ0n) is 29.2. The zero-order chi connectivity index (χ0) is 34.9. The Balaban J connectivity index is 1.07. The predicted octanol–water partition coefficient (Wildman–Crippen LogP) is 13.7. The van der Waals surface area contributed by atoms with Gasteiger partial charge in [0.25, 0.3) is 0 Å². The summed E-state index contributed by atoms with van der Waals surface area (Å²) in [6, 6.07) is 75.2. The minimum atomic E-state index is 0.195. The summed E-state index contributed by atoms with van der Waals surface area (Å²) in [5.41, 5.74) is 15.0. The van der Waals surface area contributed by atoms with Crippen molar-refractivity contribution in [1.29, 1.82) is 0 Å². The Morgan fingerprint density at radius 2 is 0.731 bits per heavy atom. The van der Waals surface area contributed by atoms with Gasteiger partial charge in [0.1, 0.15) is 0 Å². The van der Waals surface area contributed by atoms with Crippen LogP contribution in [0.15, 0.2) is 206 Å². The lowest BCUT2D eigenvalue weighted by atomic mass is 9.77. The SMILES string of the molecule is CC(c1ccc(-c2ccc3c(c2)c2ccccc2n3-c2ccccc2)cc1)C(c1ccc(-c2ccccc2)cc1)c1ccc(-c2ccccc2)cc1. The monoisotopic (exact) mass is 665 g/mol. The molecule has 1 aromatic heterocycles. The van der Waals surface area contributed by atoms with E-state index in [2.05, 4.69) is 218 Å². The Hall–Kier alpha value is -6.44. The lowest BCUT2D eigenvalue weighted by molar-refractivity contribution is 0.658. The maximum Gasteiger partial charge on any atom is 0.0541 e. The van der Waals surface area contributed by atoms with E-state index in [0.717, 1.165) is 0 Å². The fraction of sp³-hybridized carbons (Fsp3) is 0.0588. The molecule has 1 nitrogen and oxygen atoms in total. The van der Waals surface area contributed by atoms with Crippen LogP contribution in [0.1, 0.15) is 35.4 Å². The van der Waals surface area contributed by atoms with Gasteiger partial charge < -0.3 is 4.57 Å². The summed E-state index contributed by atoms with van der Waals surface area (Å²) >= 11 is 0.